The minimum absolute atomic E-state index is 0.203. The lowest BCUT2D eigenvalue weighted by molar-refractivity contribution is 0.00446. The lowest BCUT2D eigenvalue weighted by atomic mass is 10.1. The van der Waals surface area contributed by atoms with E-state index in [2.05, 4.69) is 30.6 Å². The molecule has 0 saturated heterocycles. The Labute approximate surface area is 187 Å². The average Bonchev–Trinajstić information content (AvgIpc) is 3.36. The number of rotatable bonds is 6. The van der Waals surface area contributed by atoms with Crippen molar-refractivity contribution in [2.75, 3.05) is 17.2 Å². The summed E-state index contributed by atoms with van der Waals surface area (Å²) in [6, 6.07) is 9.04. The number of hydrogen-bond acceptors (Lipinski definition) is 11. The Morgan fingerprint density at radius 3 is 2.69 bits per heavy atom. The van der Waals surface area contributed by atoms with Crippen LogP contribution in [0.15, 0.2) is 49.1 Å². The van der Waals surface area contributed by atoms with Gasteiger partial charge in [0.1, 0.15) is 29.1 Å². The van der Waals surface area contributed by atoms with Gasteiger partial charge in [-0.2, -0.15) is 4.98 Å². The van der Waals surface area contributed by atoms with E-state index in [4.69, 9.17) is 4.98 Å². The van der Waals surface area contributed by atoms with E-state index in [1.54, 1.807) is 18.5 Å². The van der Waals surface area contributed by atoms with Crippen LogP contribution >= 0.6 is 11.3 Å². The Morgan fingerprint density at radius 2 is 1.94 bits per heavy atom. The zero-order chi connectivity index (χ0) is 22.1. The van der Waals surface area contributed by atoms with Crippen LogP contribution in [-0.2, 0) is 0 Å². The van der Waals surface area contributed by atoms with Crippen LogP contribution in [0.2, 0.25) is 0 Å². The summed E-state index contributed by atoms with van der Waals surface area (Å²) >= 11 is 1.51. The smallest absolute Gasteiger partial charge is 0.230 e. The van der Waals surface area contributed by atoms with Gasteiger partial charge < -0.3 is 26.0 Å². The van der Waals surface area contributed by atoms with Crippen LogP contribution in [0.25, 0.3) is 20.8 Å². The molecule has 3 aromatic heterocycles. The van der Waals surface area contributed by atoms with Crippen molar-refractivity contribution in [1.29, 1.82) is 0 Å². The molecule has 4 aromatic rings. The Bertz CT molecular complexity index is 1190. The van der Waals surface area contributed by atoms with Gasteiger partial charge >= 0.3 is 0 Å². The summed E-state index contributed by atoms with van der Waals surface area (Å²) in [6.45, 7) is -0.203. The van der Waals surface area contributed by atoms with E-state index < -0.39 is 24.2 Å². The molecule has 0 amide bonds. The highest BCUT2D eigenvalue weighted by molar-refractivity contribution is 7.21. The quantitative estimate of drug-likeness (QED) is 0.294. The third kappa shape index (κ3) is 3.98. The van der Waals surface area contributed by atoms with Gasteiger partial charge in [0.25, 0.3) is 0 Å². The first-order chi connectivity index (χ1) is 15.6. The number of fused-ring (bicyclic) bond motifs is 1. The van der Waals surface area contributed by atoms with Crippen LogP contribution in [0.4, 0.5) is 17.6 Å². The van der Waals surface area contributed by atoms with Gasteiger partial charge in [-0.3, -0.25) is 0 Å². The average molecular weight is 452 g/mol. The molecule has 10 nitrogen and oxygen atoms in total. The first-order valence-corrected chi connectivity index (χ1v) is 10.9. The number of nitrogens with zero attached hydrogens (tertiary/aromatic N) is 5. The van der Waals surface area contributed by atoms with Gasteiger partial charge in [0, 0.05) is 24.9 Å². The topological polar surface area (TPSA) is 149 Å². The number of aliphatic hydroxyl groups excluding tert-OH is 3. The van der Waals surface area contributed by atoms with E-state index in [0.29, 0.717) is 29.6 Å². The second-order valence-corrected chi connectivity index (χ2v) is 8.60. The third-order valence-electron chi connectivity index (χ3n) is 5.49. The van der Waals surface area contributed by atoms with Crippen LogP contribution in [-0.4, -0.2) is 65.1 Å². The maximum Gasteiger partial charge on any atom is 0.230 e. The molecule has 0 unspecified atom stereocenters. The first-order valence-electron chi connectivity index (χ1n) is 10.1. The van der Waals surface area contributed by atoms with E-state index in [0.717, 1.165) is 15.2 Å². The molecule has 0 spiro atoms. The van der Waals surface area contributed by atoms with Crippen molar-refractivity contribution < 1.29 is 15.3 Å². The monoisotopic (exact) mass is 451 g/mol. The fourth-order valence-corrected chi connectivity index (χ4v) is 4.78. The predicted molar refractivity (Wildman–Crippen MR) is 121 cm³/mol. The normalized spacial score (nSPS) is 22.8. The van der Waals surface area contributed by atoms with Crippen LogP contribution < -0.4 is 10.6 Å². The van der Waals surface area contributed by atoms with Crippen molar-refractivity contribution in [3.63, 3.8) is 0 Å². The molecule has 3 heterocycles. The summed E-state index contributed by atoms with van der Waals surface area (Å²) in [7, 11) is 0. The van der Waals surface area contributed by atoms with Crippen LogP contribution in [0.1, 0.15) is 6.42 Å². The van der Waals surface area contributed by atoms with Crippen molar-refractivity contribution >= 4 is 39.1 Å². The number of para-hydroxylation sites is 1. The third-order valence-corrected chi connectivity index (χ3v) is 6.56. The van der Waals surface area contributed by atoms with Crippen LogP contribution in [0.3, 0.4) is 0 Å². The summed E-state index contributed by atoms with van der Waals surface area (Å²) < 4.78 is 1.04. The molecule has 0 bridgehead atoms. The van der Waals surface area contributed by atoms with Gasteiger partial charge in [-0.05, 0) is 24.6 Å². The fraction of sp³-hybridized carbons (Fsp3) is 0.286. The van der Waals surface area contributed by atoms with Crippen LogP contribution in [0.5, 0.6) is 0 Å². The number of nitrogens with one attached hydrogen (secondary N) is 2. The maximum atomic E-state index is 10.5. The molecule has 32 heavy (non-hydrogen) atoms. The van der Waals surface area contributed by atoms with Crippen LogP contribution in [0, 0.1) is 5.92 Å². The second-order valence-electron chi connectivity index (χ2n) is 7.57. The van der Waals surface area contributed by atoms with E-state index in [9.17, 15) is 15.3 Å². The highest BCUT2D eigenvalue weighted by atomic mass is 32.1. The molecule has 5 rings (SSSR count). The highest BCUT2D eigenvalue weighted by Crippen LogP contribution is 2.36. The summed E-state index contributed by atoms with van der Waals surface area (Å²) in [4.78, 5) is 21.7. The molecule has 1 saturated carbocycles. The number of benzene rings is 1. The zero-order valence-electron chi connectivity index (χ0n) is 16.8. The minimum Gasteiger partial charge on any atom is -0.396 e. The molecule has 164 valence electrons. The first kappa shape index (κ1) is 20.6. The second kappa shape index (κ2) is 8.71. The summed E-state index contributed by atoms with van der Waals surface area (Å²) in [5.41, 5.74) is 1.55. The minimum atomic E-state index is -1.04. The molecule has 1 aliphatic rings. The molecule has 1 aromatic carbocycles. The Morgan fingerprint density at radius 1 is 1.06 bits per heavy atom. The van der Waals surface area contributed by atoms with Crippen molar-refractivity contribution in [3.05, 3.63) is 49.1 Å². The number of anilines is 3. The number of hydrogen-bond donors (Lipinski definition) is 5. The Kier molecular flexibility index (Phi) is 5.62. The summed E-state index contributed by atoms with van der Waals surface area (Å²) in [6.07, 6.45) is 3.04. The number of thiazole rings is 1. The Balaban J connectivity index is 1.52. The fourth-order valence-electron chi connectivity index (χ4n) is 3.80. The molecule has 0 aliphatic heterocycles. The maximum absolute atomic E-state index is 10.5. The molecule has 11 heteroatoms. The molecule has 0 radical (unpaired) electrons. The van der Waals surface area contributed by atoms with E-state index in [-0.39, 0.29) is 6.61 Å². The summed E-state index contributed by atoms with van der Waals surface area (Å²) in [5, 5.41) is 37.2. The standard InChI is InChI=1S/C21H21N7O3S/c29-9-11-7-14(18(31)17(11)30)25-19-12(20-26-13-3-1-2-4-15(13)32-20)8-23-21(28-19)27-16-5-6-22-10-24-16/h1-6,8,10-11,14,17-18,29-31H,7,9H2,(H2,22,23,24,25,27,28)/t11-,14-,17-,18+/m1/s1. The SMILES string of the molecule is OC[C@H]1C[C@@H](Nc2nc(Nc3ccncn3)ncc2-c2nc3ccccc3s2)[C@H](O)[C@@H]1O. The van der Waals surface area contributed by atoms with Gasteiger partial charge in [0.15, 0.2) is 0 Å². The lowest BCUT2D eigenvalue weighted by Crippen LogP contribution is -2.35. The predicted octanol–water partition coefficient (Wildman–Crippen LogP) is 1.80. The van der Waals surface area contributed by atoms with Gasteiger partial charge in [0.2, 0.25) is 5.95 Å². The lowest BCUT2D eigenvalue weighted by Gasteiger charge is -2.20. The van der Waals surface area contributed by atoms with Gasteiger partial charge in [-0.1, -0.05) is 12.1 Å². The molecule has 4 atom stereocenters. The molecular weight excluding hydrogens is 430 g/mol. The molecule has 1 fully saturated rings. The van der Waals surface area contributed by atoms with Gasteiger partial charge in [-0.25, -0.2) is 19.9 Å². The zero-order valence-corrected chi connectivity index (χ0v) is 17.6. The summed E-state index contributed by atoms with van der Waals surface area (Å²) in [5.74, 6) is 0.900. The van der Waals surface area contributed by atoms with E-state index >= 15 is 0 Å². The molecular formula is C21H21N7O3S. The van der Waals surface area contributed by atoms with E-state index in [1.807, 2.05) is 24.3 Å². The number of aromatic nitrogens is 5. The number of aliphatic hydroxyl groups is 3. The van der Waals surface area contributed by atoms with Gasteiger partial charge in [-0.15, -0.1) is 11.3 Å². The van der Waals surface area contributed by atoms with Crippen molar-refractivity contribution in [1.82, 2.24) is 24.9 Å². The van der Waals surface area contributed by atoms with E-state index in [1.165, 1.54) is 17.7 Å². The van der Waals surface area contributed by atoms with Crippen molar-refractivity contribution in [2.45, 2.75) is 24.7 Å². The largest absolute Gasteiger partial charge is 0.396 e. The van der Waals surface area contributed by atoms with Crippen molar-refractivity contribution in [3.8, 4) is 10.6 Å². The molecule has 5 N–H and O–H groups in total. The highest BCUT2D eigenvalue weighted by Gasteiger charge is 2.41. The van der Waals surface area contributed by atoms with Crippen molar-refractivity contribution in [2.24, 2.45) is 5.92 Å². The Hall–Kier alpha value is -3.25. The molecule has 1 aliphatic carbocycles. The van der Waals surface area contributed by atoms with Gasteiger partial charge in [0.05, 0.1) is 27.9 Å².